The van der Waals surface area contributed by atoms with Gasteiger partial charge in [0.05, 0.1) is 7.11 Å². The molecule has 0 unspecified atom stereocenters. The van der Waals surface area contributed by atoms with Crippen LogP contribution in [-0.2, 0) is 6.42 Å². The zero-order chi connectivity index (χ0) is 12.1. The lowest BCUT2D eigenvalue weighted by molar-refractivity contribution is 0.414. The van der Waals surface area contributed by atoms with Crippen molar-refractivity contribution in [3.8, 4) is 5.75 Å². The van der Waals surface area contributed by atoms with E-state index in [-0.39, 0.29) is 0 Å². The van der Waals surface area contributed by atoms with Gasteiger partial charge in [-0.2, -0.15) is 0 Å². The summed E-state index contributed by atoms with van der Waals surface area (Å²) in [6.07, 6.45) is 3.19. The van der Waals surface area contributed by atoms with Crippen LogP contribution in [0.25, 0.3) is 10.8 Å². The molecule has 2 heteroatoms. The van der Waals surface area contributed by atoms with Gasteiger partial charge in [-0.25, -0.2) is 0 Å². The van der Waals surface area contributed by atoms with Crippen molar-refractivity contribution in [1.82, 2.24) is 0 Å². The number of rotatable bonds is 5. The minimum atomic E-state index is 0.732. The number of ether oxygens (including phenoxy) is 1. The van der Waals surface area contributed by atoms with Gasteiger partial charge in [0.25, 0.3) is 0 Å². The second-order valence-corrected chi connectivity index (χ2v) is 4.50. The first-order valence-corrected chi connectivity index (χ1v) is 6.51. The van der Waals surface area contributed by atoms with E-state index in [4.69, 9.17) is 16.3 Å². The number of fused-ring (bicyclic) bond motifs is 1. The molecule has 0 aromatic heterocycles. The van der Waals surface area contributed by atoms with E-state index in [1.807, 2.05) is 6.07 Å². The molecule has 0 atom stereocenters. The molecule has 0 amide bonds. The molecule has 0 bridgehead atoms. The first-order valence-electron chi connectivity index (χ1n) is 5.97. The lowest BCUT2D eigenvalue weighted by atomic mass is 10.0. The van der Waals surface area contributed by atoms with Crippen molar-refractivity contribution in [2.45, 2.75) is 19.3 Å². The van der Waals surface area contributed by atoms with Crippen LogP contribution in [0.1, 0.15) is 18.4 Å². The van der Waals surface area contributed by atoms with E-state index in [1.165, 1.54) is 16.3 Å². The zero-order valence-electron chi connectivity index (χ0n) is 10.1. The lowest BCUT2D eigenvalue weighted by Gasteiger charge is -2.11. The van der Waals surface area contributed by atoms with Crippen LogP contribution < -0.4 is 4.74 Å². The third-order valence-electron chi connectivity index (χ3n) is 3.00. The number of benzene rings is 2. The Morgan fingerprint density at radius 1 is 1.06 bits per heavy atom. The van der Waals surface area contributed by atoms with E-state index in [0.717, 1.165) is 30.9 Å². The Labute approximate surface area is 107 Å². The molecule has 0 spiro atoms. The summed E-state index contributed by atoms with van der Waals surface area (Å²) in [5.41, 5.74) is 1.27. The molecule has 2 aromatic rings. The molecule has 0 aliphatic heterocycles. The Bertz CT molecular complexity index is 493. The van der Waals surface area contributed by atoms with E-state index in [1.54, 1.807) is 7.11 Å². The summed E-state index contributed by atoms with van der Waals surface area (Å²) in [5, 5.41) is 2.42. The summed E-state index contributed by atoms with van der Waals surface area (Å²) < 4.78 is 5.56. The Morgan fingerprint density at radius 3 is 2.65 bits per heavy atom. The number of hydrogen-bond donors (Lipinski definition) is 0. The molecule has 0 aliphatic rings. The summed E-state index contributed by atoms with van der Waals surface area (Å²) >= 11 is 5.71. The summed E-state index contributed by atoms with van der Waals surface area (Å²) in [7, 11) is 1.74. The normalized spacial score (nSPS) is 10.7. The average Bonchev–Trinajstić information content (AvgIpc) is 2.38. The van der Waals surface area contributed by atoms with Crippen molar-refractivity contribution in [2.75, 3.05) is 13.0 Å². The molecule has 2 aromatic carbocycles. The average molecular weight is 249 g/mol. The minimum Gasteiger partial charge on any atom is -0.496 e. The third-order valence-corrected chi connectivity index (χ3v) is 3.26. The fraction of sp³-hybridized carbons (Fsp3) is 0.333. The van der Waals surface area contributed by atoms with Gasteiger partial charge in [-0.3, -0.25) is 0 Å². The molecule has 2 rings (SSSR count). The van der Waals surface area contributed by atoms with E-state index in [2.05, 4.69) is 30.3 Å². The second-order valence-electron chi connectivity index (χ2n) is 4.13. The minimum absolute atomic E-state index is 0.732. The van der Waals surface area contributed by atoms with E-state index >= 15 is 0 Å². The molecule has 0 saturated heterocycles. The molecular formula is C15H17ClO. The molecule has 1 nitrogen and oxygen atoms in total. The van der Waals surface area contributed by atoms with E-state index in [0.29, 0.717) is 0 Å². The van der Waals surface area contributed by atoms with Crippen LogP contribution in [0.4, 0.5) is 0 Å². The van der Waals surface area contributed by atoms with Crippen LogP contribution in [0.3, 0.4) is 0 Å². The molecule has 0 saturated carbocycles. The van der Waals surface area contributed by atoms with Crippen LogP contribution in [0.2, 0.25) is 0 Å². The van der Waals surface area contributed by atoms with Crippen LogP contribution >= 0.6 is 11.6 Å². The molecular weight excluding hydrogens is 232 g/mol. The molecule has 0 radical (unpaired) electrons. The van der Waals surface area contributed by atoms with Gasteiger partial charge in [0.15, 0.2) is 0 Å². The van der Waals surface area contributed by atoms with Gasteiger partial charge < -0.3 is 4.74 Å². The standard InChI is InChI=1S/C15H17ClO/c1-17-15-13(7-4-5-11-16)10-9-12-6-2-3-8-14(12)15/h2-3,6,8-10H,4-5,7,11H2,1H3. The third kappa shape index (κ3) is 2.73. The summed E-state index contributed by atoms with van der Waals surface area (Å²) in [6, 6.07) is 12.6. The van der Waals surface area contributed by atoms with Crippen molar-refractivity contribution in [3.05, 3.63) is 42.0 Å². The molecule has 17 heavy (non-hydrogen) atoms. The number of unbranched alkanes of at least 4 members (excludes halogenated alkanes) is 1. The van der Waals surface area contributed by atoms with Gasteiger partial charge in [-0.1, -0.05) is 36.4 Å². The first-order chi connectivity index (χ1) is 8.36. The molecule has 0 fully saturated rings. The monoisotopic (exact) mass is 248 g/mol. The highest BCUT2D eigenvalue weighted by Gasteiger charge is 2.07. The Kier molecular flexibility index (Phi) is 4.27. The van der Waals surface area contributed by atoms with E-state index < -0.39 is 0 Å². The van der Waals surface area contributed by atoms with Crippen molar-refractivity contribution in [2.24, 2.45) is 0 Å². The van der Waals surface area contributed by atoms with Crippen molar-refractivity contribution in [3.63, 3.8) is 0 Å². The summed E-state index contributed by atoms with van der Waals surface area (Å²) in [5.74, 6) is 1.74. The molecule has 0 N–H and O–H groups in total. The fourth-order valence-corrected chi connectivity index (χ4v) is 2.32. The van der Waals surface area contributed by atoms with Crippen LogP contribution in [0.15, 0.2) is 36.4 Å². The quantitative estimate of drug-likeness (QED) is 0.563. The second kappa shape index (κ2) is 5.92. The Morgan fingerprint density at radius 2 is 1.88 bits per heavy atom. The molecule has 0 aliphatic carbocycles. The number of methoxy groups -OCH3 is 1. The summed E-state index contributed by atoms with van der Waals surface area (Å²) in [4.78, 5) is 0. The highest BCUT2D eigenvalue weighted by molar-refractivity contribution is 6.17. The SMILES string of the molecule is COc1c(CCCCCl)ccc2ccccc12. The maximum Gasteiger partial charge on any atom is 0.129 e. The summed E-state index contributed by atoms with van der Waals surface area (Å²) in [6.45, 7) is 0. The van der Waals surface area contributed by atoms with Gasteiger partial charge in [-0.05, 0) is 30.2 Å². The molecule has 0 heterocycles. The van der Waals surface area contributed by atoms with Gasteiger partial charge in [0.2, 0.25) is 0 Å². The topological polar surface area (TPSA) is 9.23 Å². The van der Waals surface area contributed by atoms with Gasteiger partial charge in [-0.15, -0.1) is 11.6 Å². The van der Waals surface area contributed by atoms with Gasteiger partial charge in [0.1, 0.15) is 5.75 Å². The number of aryl methyl sites for hydroxylation is 1. The highest BCUT2D eigenvalue weighted by atomic mass is 35.5. The van der Waals surface area contributed by atoms with Crippen molar-refractivity contribution in [1.29, 1.82) is 0 Å². The number of alkyl halides is 1. The highest BCUT2D eigenvalue weighted by Crippen LogP contribution is 2.30. The van der Waals surface area contributed by atoms with Crippen LogP contribution in [0.5, 0.6) is 5.75 Å². The first kappa shape index (κ1) is 12.3. The van der Waals surface area contributed by atoms with Crippen molar-refractivity contribution >= 4 is 22.4 Å². The predicted octanol–water partition coefficient (Wildman–Crippen LogP) is 4.41. The van der Waals surface area contributed by atoms with Crippen molar-refractivity contribution < 1.29 is 4.74 Å². The Hall–Kier alpha value is -1.21. The fourth-order valence-electron chi connectivity index (χ4n) is 2.14. The van der Waals surface area contributed by atoms with Crippen LogP contribution in [0, 0.1) is 0 Å². The lowest BCUT2D eigenvalue weighted by Crippen LogP contribution is -1.94. The predicted molar refractivity (Wildman–Crippen MR) is 74.2 cm³/mol. The Balaban J connectivity index is 2.35. The maximum absolute atomic E-state index is 5.71. The maximum atomic E-state index is 5.71. The smallest absolute Gasteiger partial charge is 0.129 e. The zero-order valence-corrected chi connectivity index (χ0v) is 10.8. The number of halogens is 1. The number of hydrogen-bond acceptors (Lipinski definition) is 1. The van der Waals surface area contributed by atoms with E-state index in [9.17, 15) is 0 Å². The van der Waals surface area contributed by atoms with Gasteiger partial charge >= 0.3 is 0 Å². The van der Waals surface area contributed by atoms with Gasteiger partial charge in [0, 0.05) is 11.3 Å². The van der Waals surface area contributed by atoms with Crippen LogP contribution in [-0.4, -0.2) is 13.0 Å². The largest absolute Gasteiger partial charge is 0.496 e. The molecule has 90 valence electrons.